The molecule has 0 radical (unpaired) electrons. The largest absolute Gasteiger partial charge is 0.493 e. The molecule has 3 rings (SSSR count). The number of aromatic nitrogens is 3. The first-order chi connectivity index (χ1) is 9.34. The van der Waals surface area contributed by atoms with Crippen LogP contribution in [0.2, 0.25) is 0 Å². The first-order valence-electron chi connectivity index (χ1n) is 5.99. The second-order valence-electron chi connectivity index (χ2n) is 4.09. The zero-order valence-corrected chi connectivity index (χ0v) is 11.7. The number of nitrogens with one attached hydrogen (secondary N) is 1. The van der Waals surface area contributed by atoms with Gasteiger partial charge in [0.15, 0.2) is 0 Å². The van der Waals surface area contributed by atoms with Crippen molar-refractivity contribution in [2.24, 2.45) is 0 Å². The van der Waals surface area contributed by atoms with Gasteiger partial charge in [0.2, 0.25) is 0 Å². The van der Waals surface area contributed by atoms with E-state index in [-0.39, 0.29) is 0 Å². The monoisotopic (exact) mass is 317 g/mol. The van der Waals surface area contributed by atoms with Crippen LogP contribution >= 0.6 is 15.9 Å². The number of para-hydroxylation sites is 1. The van der Waals surface area contributed by atoms with Gasteiger partial charge in [-0.05, 0) is 28.1 Å². The molecule has 2 heterocycles. The van der Waals surface area contributed by atoms with E-state index in [0.29, 0.717) is 6.61 Å². The molecule has 5 heteroatoms. The van der Waals surface area contributed by atoms with Gasteiger partial charge in [-0.1, -0.05) is 18.2 Å². The molecular formula is C14H12BrN3O. The number of halogens is 1. The molecule has 0 aliphatic rings. The highest BCUT2D eigenvalue weighted by Crippen LogP contribution is 2.24. The van der Waals surface area contributed by atoms with Gasteiger partial charge < -0.3 is 9.72 Å². The van der Waals surface area contributed by atoms with Gasteiger partial charge in [-0.3, -0.25) is 0 Å². The Balaban J connectivity index is 1.74. The molecule has 0 unspecified atom stereocenters. The third-order valence-corrected chi connectivity index (χ3v) is 3.48. The Labute approximate surface area is 119 Å². The summed E-state index contributed by atoms with van der Waals surface area (Å²) < 4.78 is 6.67. The minimum Gasteiger partial charge on any atom is -0.493 e. The second kappa shape index (κ2) is 5.40. The highest BCUT2D eigenvalue weighted by Gasteiger charge is 2.09. The summed E-state index contributed by atoms with van der Waals surface area (Å²) in [6, 6.07) is 9.78. The van der Waals surface area contributed by atoms with Crippen molar-refractivity contribution in [3.05, 3.63) is 53.0 Å². The fourth-order valence-corrected chi connectivity index (χ4v) is 2.49. The summed E-state index contributed by atoms with van der Waals surface area (Å²) in [6.07, 6.45) is 4.19. The highest BCUT2D eigenvalue weighted by molar-refractivity contribution is 9.10. The van der Waals surface area contributed by atoms with Gasteiger partial charge in [0.05, 0.1) is 17.7 Å². The Morgan fingerprint density at radius 1 is 1.16 bits per heavy atom. The molecule has 0 saturated carbocycles. The van der Waals surface area contributed by atoms with Gasteiger partial charge in [-0.15, -0.1) is 0 Å². The number of hydrogen-bond acceptors (Lipinski definition) is 3. The zero-order chi connectivity index (χ0) is 13.1. The highest BCUT2D eigenvalue weighted by atomic mass is 79.9. The van der Waals surface area contributed by atoms with Crippen LogP contribution in [0.5, 0.6) is 5.75 Å². The molecule has 3 aromatic rings. The van der Waals surface area contributed by atoms with Crippen molar-refractivity contribution in [3.63, 3.8) is 0 Å². The van der Waals surface area contributed by atoms with Gasteiger partial charge in [-0.25, -0.2) is 9.97 Å². The molecule has 0 amide bonds. The predicted octanol–water partition coefficient (Wildman–Crippen LogP) is 3.34. The number of H-pyrrole nitrogens is 1. The number of fused-ring (bicyclic) bond motifs is 1. The molecule has 0 aliphatic heterocycles. The summed E-state index contributed by atoms with van der Waals surface area (Å²) in [6.45, 7) is 0.591. The average Bonchev–Trinajstić information content (AvgIpc) is 2.83. The molecule has 0 fully saturated rings. The van der Waals surface area contributed by atoms with E-state index in [1.54, 1.807) is 6.33 Å². The third-order valence-electron chi connectivity index (χ3n) is 2.85. The molecule has 1 aromatic carbocycles. The molecular weight excluding hydrogens is 306 g/mol. The standard InChI is InChI=1S/C14H12BrN3O/c15-11-8-16-14-13(11)12(17-9-18-14)6-7-19-10-4-2-1-3-5-10/h1-5,8-9H,6-7H2,(H,16,17,18). The van der Waals surface area contributed by atoms with Crippen LogP contribution in [0.3, 0.4) is 0 Å². The van der Waals surface area contributed by atoms with E-state index >= 15 is 0 Å². The van der Waals surface area contributed by atoms with Crippen LogP contribution in [0.15, 0.2) is 47.3 Å². The number of nitrogens with zero attached hydrogens (tertiary/aromatic N) is 2. The van der Waals surface area contributed by atoms with Crippen LogP contribution in [-0.2, 0) is 6.42 Å². The quantitative estimate of drug-likeness (QED) is 0.803. The summed E-state index contributed by atoms with van der Waals surface area (Å²) in [7, 11) is 0. The Hall–Kier alpha value is -1.88. The maximum atomic E-state index is 5.69. The maximum Gasteiger partial charge on any atom is 0.142 e. The summed E-state index contributed by atoms with van der Waals surface area (Å²) in [5.41, 5.74) is 1.82. The SMILES string of the molecule is Brc1c[nH]c2ncnc(CCOc3ccccc3)c12. The molecule has 1 N–H and O–H groups in total. The molecule has 0 saturated heterocycles. The maximum absolute atomic E-state index is 5.69. The van der Waals surface area contributed by atoms with Crippen LogP contribution in [0.25, 0.3) is 11.0 Å². The van der Waals surface area contributed by atoms with Crippen LogP contribution in [0.1, 0.15) is 5.69 Å². The molecule has 96 valence electrons. The number of hydrogen-bond donors (Lipinski definition) is 1. The van der Waals surface area contributed by atoms with Crippen molar-refractivity contribution in [2.45, 2.75) is 6.42 Å². The molecule has 2 aromatic heterocycles. The summed E-state index contributed by atoms with van der Waals surface area (Å²) in [4.78, 5) is 11.6. The Morgan fingerprint density at radius 3 is 2.84 bits per heavy atom. The van der Waals surface area contributed by atoms with E-state index in [1.807, 2.05) is 36.5 Å². The van der Waals surface area contributed by atoms with Crippen molar-refractivity contribution in [2.75, 3.05) is 6.61 Å². The molecule has 19 heavy (non-hydrogen) atoms. The van der Waals surface area contributed by atoms with Crippen molar-refractivity contribution < 1.29 is 4.74 Å². The summed E-state index contributed by atoms with van der Waals surface area (Å²) in [5.74, 6) is 0.876. The Morgan fingerprint density at radius 2 is 2.00 bits per heavy atom. The van der Waals surface area contributed by atoms with Gasteiger partial charge in [0.1, 0.15) is 17.7 Å². The summed E-state index contributed by atoms with van der Waals surface area (Å²) >= 11 is 3.50. The van der Waals surface area contributed by atoms with E-state index in [4.69, 9.17) is 4.74 Å². The normalized spacial score (nSPS) is 10.8. The first-order valence-corrected chi connectivity index (χ1v) is 6.78. The van der Waals surface area contributed by atoms with E-state index in [2.05, 4.69) is 30.9 Å². The number of ether oxygens (including phenoxy) is 1. The Kier molecular flexibility index (Phi) is 3.46. The predicted molar refractivity (Wildman–Crippen MR) is 77.2 cm³/mol. The van der Waals surface area contributed by atoms with Crippen molar-refractivity contribution in [1.29, 1.82) is 0 Å². The van der Waals surface area contributed by atoms with E-state index in [9.17, 15) is 0 Å². The van der Waals surface area contributed by atoms with Crippen LogP contribution in [0, 0.1) is 0 Å². The van der Waals surface area contributed by atoms with E-state index in [0.717, 1.165) is 33.4 Å². The fourth-order valence-electron chi connectivity index (χ4n) is 1.96. The van der Waals surface area contributed by atoms with Gasteiger partial charge in [0.25, 0.3) is 0 Å². The number of benzene rings is 1. The molecule has 0 aliphatic carbocycles. The van der Waals surface area contributed by atoms with Crippen molar-refractivity contribution in [1.82, 2.24) is 15.0 Å². The lowest BCUT2D eigenvalue weighted by Gasteiger charge is -2.06. The van der Waals surface area contributed by atoms with Crippen molar-refractivity contribution >= 4 is 27.0 Å². The fraction of sp³-hybridized carbons (Fsp3) is 0.143. The minimum absolute atomic E-state index is 0.591. The second-order valence-corrected chi connectivity index (χ2v) is 4.95. The minimum atomic E-state index is 0.591. The lowest BCUT2D eigenvalue weighted by molar-refractivity contribution is 0.321. The first kappa shape index (κ1) is 12.2. The Bertz CT molecular complexity index is 681. The molecule has 0 atom stereocenters. The van der Waals surface area contributed by atoms with Gasteiger partial charge >= 0.3 is 0 Å². The van der Waals surface area contributed by atoms with Gasteiger partial charge in [-0.2, -0.15) is 0 Å². The van der Waals surface area contributed by atoms with Crippen LogP contribution < -0.4 is 4.74 Å². The van der Waals surface area contributed by atoms with Crippen molar-refractivity contribution in [3.8, 4) is 5.75 Å². The smallest absolute Gasteiger partial charge is 0.142 e. The number of aromatic amines is 1. The van der Waals surface area contributed by atoms with E-state index < -0.39 is 0 Å². The summed E-state index contributed by atoms with van der Waals surface area (Å²) in [5, 5.41) is 1.03. The average molecular weight is 318 g/mol. The lowest BCUT2D eigenvalue weighted by atomic mass is 10.2. The molecule has 0 bridgehead atoms. The lowest BCUT2D eigenvalue weighted by Crippen LogP contribution is -2.03. The topological polar surface area (TPSA) is 50.8 Å². The van der Waals surface area contributed by atoms with Crippen LogP contribution in [-0.4, -0.2) is 21.6 Å². The van der Waals surface area contributed by atoms with E-state index in [1.165, 1.54) is 0 Å². The molecule has 0 spiro atoms. The molecule has 4 nitrogen and oxygen atoms in total. The number of rotatable bonds is 4. The zero-order valence-electron chi connectivity index (χ0n) is 10.1. The third kappa shape index (κ3) is 2.61. The van der Waals surface area contributed by atoms with Crippen LogP contribution in [0.4, 0.5) is 0 Å². The van der Waals surface area contributed by atoms with Gasteiger partial charge in [0, 0.05) is 17.1 Å².